The first-order chi connectivity index (χ1) is 47.8. The summed E-state index contributed by atoms with van der Waals surface area (Å²) < 4.78 is 59.8. The van der Waals surface area contributed by atoms with Gasteiger partial charge in [0.25, 0.3) is 5.79 Å². The lowest BCUT2D eigenvalue weighted by atomic mass is 9.69. The van der Waals surface area contributed by atoms with Crippen molar-refractivity contribution in [1.82, 2.24) is 0 Å². The van der Waals surface area contributed by atoms with Gasteiger partial charge in [0.1, 0.15) is 34.5 Å². The van der Waals surface area contributed by atoms with E-state index < -0.39 is 40.5 Å². The average molecular weight is 1330 g/mol. The minimum Gasteiger partial charge on any atom is -0.497 e. The Kier molecular flexibility index (Phi) is 19.2. The molecule has 0 bridgehead atoms. The van der Waals surface area contributed by atoms with Crippen LogP contribution in [0.15, 0.2) is 259 Å². The Morgan fingerprint density at radius 3 is 0.687 bits per heavy atom. The molecule has 0 unspecified atom stereocenters. The van der Waals surface area contributed by atoms with Gasteiger partial charge in [0, 0.05) is 46.9 Å². The topological polar surface area (TPSA) is 259 Å². The second-order valence-electron chi connectivity index (χ2n) is 24.2. The Morgan fingerprint density at radius 2 is 0.485 bits per heavy atom. The van der Waals surface area contributed by atoms with E-state index in [0.717, 1.165) is 0 Å². The standard InChI is InChI=1S/C77H64N8O14/c1-75(2)45-77(98-65-43-69(96-73(88)49-13-21-53(22-14-49)80-84-57-29-37-61(92-7)38-30-57)67(41-63(65)75)94-71(86)47-9-17-51(18-10-47)78-82-55-25-33-59(90-5)34-26-55)46-76(3,4)64-42-68(95-72(87)48-11-19-52(20-12-48)79-83-56-27-35-60(91-6)36-28-56)70(44-66(64)99-77)97-74(89)50-15-23-54(24-16-50)81-85-58-31-39-62(93-8)40-32-58/h9-44H,45-46H2,1-8H3. The summed E-state index contributed by atoms with van der Waals surface area (Å²) in [5, 5.41) is 34.5. The van der Waals surface area contributed by atoms with Gasteiger partial charge in [0.2, 0.25) is 0 Å². The van der Waals surface area contributed by atoms with Gasteiger partial charge in [-0.05, 0) is 206 Å². The SMILES string of the molecule is COc1ccc(N=Nc2ccc(C(=O)Oc3cc4c(cc3OC(=O)c3ccc(N=Nc5ccc(OC)cc5)cc3)C(C)(C)CC3(CC(C)(C)c5cc(OC(=O)c6ccc(N=Nc7ccc(OC)cc7)cc6)c(OC(=O)c6ccc(N=Nc7ccc(OC)cc7)cc6)cc5O3)O4)cc2)cc1. The first-order valence-electron chi connectivity index (χ1n) is 31.1. The zero-order valence-electron chi connectivity index (χ0n) is 55.0. The Bertz CT molecular complexity index is 4450. The van der Waals surface area contributed by atoms with Crippen LogP contribution < -0.4 is 47.4 Å². The van der Waals surface area contributed by atoms with Crippen molar-refractivity contribution in [1.29, 1.82) is 0 Å². The Labute approximate surface area is 569 Å². The minimum absolute atomic E-state index is 0.0737. The summed E-state index contributed by atoms with van der Waals surface area (Å²) in [5.41, 5.74) is 4.45. The Balaban J connectivity index is 0.847. The normalized spacial score (nSPS) is 14.9. The van der Waals surface area contributed by atoms with Crippen molar-refractivity contribution >= 4 is 69.4 Å². The molecule has 0 N–H and O–H groups in total. The number of nitrogens with zero attached hydrogens (tertiary/aromatic N) is 8. The van der Waals surface area contributed by atoms with Crippen LogP contribution in [0.1, 0.15) is 93.1 Å². The highest BCUT2D eigenvalue weighted by Gasteiger charge is 2.54. The van der Waals surface area contributed by atoms with Crippen LogP contribution in [0.4, 0.5) is 45.5 Å². The third-order valence-corrected chi connectivity index (χ3v) is 16.2. The largest absolute Gasteiger partial charge is 0.497 e. The highest BCUT2D eigenvalue weighted by molar-refractivity contribution is 5.95. The van der Waals surface area contributed by atoms with Crippen LogP contribution in [0.3, 0.4) is 0 Å². The van der Waals surface area contributed by atoms with E-state index in [9.17, 15) is 19.2 Å². The van der Waals surface area contributed by atoms with Gasteiger partial charge in [-0.2, -0.15) is 40.9 Å². The van der Waals surface area contributed by atoms with Crippen LogP contribution in [0.2, 0.25) is 0 Å². The molecule has 12 rings (SSSR count). The molecule has 1 spiro atoms. The lowest BCUT2D eigenvalue weighted by molar-refractivity contribution is -0.166. The number of ether oxygens (including phenoxy) is 10. The molecule has 0 aliphatic carbocycles. The first-order valence-corrected chi connectivity index (χ1v) is 31.1. The molecule has 0 fully saturated rings. The van der Waals surface area contributed by atoms with Gasteiger partial charge in [-0.25, -0.2) is 19.2 Å². The molecular formula is C77H64N8O14. The summed E-state index contributed by atoms with van der Waals surface area (Å²) in [6.45, 7) is 7.96. The number of fused-ring (bicyclic) bond motifs is 2. The van der Waals surface area contributed by atoms with Crippen molar-refractivity contribution < 1.29 is 66.5 Å². The van der Waals surface area contributed by atoms with Crippen LogP contribution in [0, 0.1) is 0 Å². The maximum atomic E-state index is 14.3. The minimum atomic E-state index is -1.45. The second-order valence-corrected chi connectivity index (χ2v) is 24.2. The molecule has 0 saturated heterocycles. The molecule has 496 valence electrons. The number of hydrogen-bond acceptors (Lipinski definition) is 22. The molecule has 0 aromatic heterocycles. The third kappa shape index (κ3) is 15.8. The molecule has 10 aromatic carbocycles. The molecule has 2 heterocycles. The summed E-state index contributed by atoms with van der Waals surface area (Å²) in [7, 11) is 6.31. The number of benzene rings is 10. The zero-order chi connectivity index (χ0) is 69.3. The summed E-state index contributed by atoms with van der Waals surface area (Å²) >= 11 is 0. The lowest BCUT2D eigenvalue weighted by Crippen LogP contribution is -2.55. The summed E-state index contributed by atoms with van der Waals surface area (Å²) in [5.74, 6) is -1.78. The van der Waals surface area contributed by atoms with Crippen LogP contribution in [0.5, 0.6) is 57.5 Å². The van der Waals surface area contributed by atoms with Gasteiger partial charge < -0.3 is 47.4 Å². The van der Waals surface area contributed by atoms with E-state index in [0.29, 0.717) is 79.6 Å². The van der Waals surface area contributed by atoms with Crippen molar-refractivity contribution in [2.75, 3.05) is 28.4 Å². The number of hydrogen-bond donors (Lipinski definition) is 0. The van der Waals surface area contributed by atoms with Crippen LogP contribution in [-0.4, -0.2) is 58.1 Å². The molecule has 22 nitrogen and oxygen atoms in total. The van der Waals surface area contributed by atoms with Crippen molar-refractivity contribution in [2.45, 2.75) is 57.2 Å². The van der Waals surface area contributed by atoms with Crippen molar-refractivity contribution in [3.8, 4) is 57.5 Å². The number of azo groups is 4. The van der Waals surface area contributed by atoms with E-state index in [2.05, 4.69) is 40.9 Å². The fraction of sp³-hybridized carbons (Fsp3) is 0.169. The fourth-order valence-corrected chi connectivity index (χ4v) is 11.1. The number of methoxy groups -OCH3 is 4. The highest BCUT2D eigenvalue weighted by atomic mass is 16.7. The summed E-state index contributed by atoms with van der Waals surface area (Å²) in [6, 6.07) is 59.8. The number of rotatable bonds is 20. The molecule has 2 aliphatic rings. The smallest absolute Gasteiger partial charge is 0.343 e. The zero-order valence-corrected chi connectivity index (χ0v) is 55.0. The van der Waals surface area contributed by atoms with Gasteiger partial charge in [0.15, 0.2) is 23.0 Å². The van der Waals surface area contributed by atoms with Gasteiger partial charge in [0.05, 0.1) is 96.2 Å². The van der Waals surface area contributed by atoms with Crippen molar-refractivity contribution in [3.63, 3.8) is 0 Å². The predicted molar refractivity (Wildman–Crippen MR) is 366 cm³/mol. The molecular weight excluding hydrogens is 1260 g/mol. The lowest BCUT2D eigenvalue weighted by Gasteiger charge is -2.51. The monoisotopic (exact) mass is 1320 g/mol. The number of carbonyl (C=O) groups is 4. The maximum Gasteiger partial charge on any atom is 0.343 e. The molecule has 99 heavy (non-hydrogen) atoms. The van der Waals surface area contributed by atoms with Crippen LogP contribution in [-0.2, 0) is 10.8 Å². The molecule has 0 amide bonds. The molecule has 0 saturated carbocycles. The molecule has 22 heteroatoms. The van der Waals surface area contributed by atoms with E-state index in [1.165, 1.54) is 36.4 Å². The quantitative estimate of drug-likeness (QED) is 0.0390. The van der Waals surface area contributed by atoms with Crippen molar-refractivity contribution in [3.05, 3.63) is 252 Å². The van der Waals surface area contributed by atoms with Gasteiger partial charge in [-0.3, -0.25) is 0 Å². The Hall–Kier alpha value is -12.7. The fourth-order valence-electron chi connectivity index (χ4n) is 11.1. The molecule has 10 aromatic rings. The van der Waals surface area contributed by atoms with Crippen LogP contribution >= 0.6 is 0 Å². The van der Waals surface area contributed by atoms with Gasteiger partial charge in [-0.15, -0.1) is 0 Å². The second kappa shape index (κ2) is 28.7. The van der Waals surface area contributed by atoms with E-state index in [1.54, 1.807) is 210 Å². The van der Waals surface area contributed by atoms with Gasteiger partial charge >= 0.3 is 23.9 Å². The highest BCUT2D eigenvalue weighted by Crippen LogP contribution is 2.57. The van der Waals surface area contributed by atoms with E-state index in [-0.39, 0.29) is 69.6 Å². The van der Waals surface area contributed by atoms with Gasteiger partial charge in [-0.1, -0.05) is 27.7 Å². The van der Waals surface area contributed by atoms with Crippen LogP contribution in [0.25, 0.3) is 0 Å². The molecule has 0 atom stereocenters. The molecule has 2 aliphatic heterocycles. The molecule has 0 radical (unpaired) electrons. The maximum absolute atomic E-state index is 14.3. The Morgan fingerprint density at radius 1 is 0.293 bits per heavy atom. The number of esters is 4. The van der Waals surface area contributed by atoms with E-state index in [4.69, 9.17) is 47.4 Å². The van der Waals surface area contributed by atoms with E-state index >= 15 is 0 Å². The van der Waals surface area contributed by atoms with E-state index in [1.807, 2.05) is 27.7 Å². The van der Waals surface area contributed by atoms with Crippen molar-refractivity contribution in [2.24, 2.45) is 40.9 Å². The first kappa shape index (κ1) is 66.3. The summed E-state index contributed by atoms with van der Waals surface area (Å²) in [4.78, 5) is 57.0. The predicted octanol–water partition coefficient (Wildman–Crippen LogP) is 19.8. The summed E-state index contributed by atoms with van der Waals surface area (Å²) in [6.07, 6.45) is 0.446. The average Bonchev–Trinajstić information content (AvgIpc) is 0.718. The third-order valence-electron chi connectivity index (χ3n) is 16.2. The number of carbonyl (C=O) groups excluding carboxylic acids is 4.